The summed E-state index contributed by atoms with van der Waals surface area (Å²) in [5, 5.41) is 0. The van der Waals surface area contributed by atoms with Crippen molar-refractivity contribution < 1.29 is 9.47 Å². The van der Waals surface area contributed by atoms with E-state index in [1.54, 1.807) is 0 Å². The Morgan fingerprint density at radius 2 is 0.630 bits per heavy atom. The van der Waals surface area contributed by atoms with Crippen molar-refractivity contribution in [3.05, 3.63) is 0 Å². The van der Waals surface area contributed by atoms with Crippen molar-refractivity contribution in [2.45, 2.75) is 256 Å². The molecule has 0 aliphatic heterocycles. The summed E-state index contributed by atoms with van der Waals surface area (Å²) in [5.41, 5.74) is 0. The van der Waals surface area contributed by atoms with Gasteiger partial charge >= 0.3 is 179 Å². The van der Waals surface area contributed by atoms with Crippen LogP contribution >= 0.6 is 0 Å². The average molecular weight is 716 g/mol. The van der Waals surface area contributed by atoms with E-state index >= 15 is 0 Å². The molecule has 0 bridgehead atoms. The second-order valence-electron chi connectivity index (χ2n) is 14.8. The van der Waals surface area contributed by atoms with E-state index in [0.29, 0.717) is 4.82 Å². The molecule has 0 N–H and O–H groups in total. The summed E-state index contributed by atoms with van der Waals surface area (Å²) in [7, 11) is 0. The third-order valence-corrected chi connectivity index (χ3v) is 11.3. The first-order chi connectivity index (χ1) is 22.8. The van der Waals surface area contributed by atoms with Gasteiger partial charge in [-0.05, 0) is 0 Å². The summed E-state index contributed by atoms with van der Waals surface area (Å²) in [6.07, 6.45) is 49.4. The Hall–Kier alpha value is 0.439. The molecule has 0 rings (SSSR count). The first-order valence-electron chi connectivity index (χ1n) is 21.6. The Labute approximate surface area is 300 Å². The predicted molar refractivity (Wildman–Crippen MR) is 210 cm³/mol. The van der Waals surface area contributed by atoms with Crippen molar-refractivity contribution in [1.82, 2.24) is 0 Å². The molecule has 0 saturated carbocycles. The van der Waals surface area contributed by atoms with Crippen molar-refractivity contribution in [2.75, 3.05) is 19.8 Å². The van der Waals surface area contributed by atoms with Crippen LogP contribution < -0.4 is 0 Å². The standard InChI is InChI=1S/C43H88O2Se/c1-4-7-10-12-14-16-18-20-22-24-26-28-30-32-34-36-39-44-41-42(43(46)38-9-6-3)45-40-37-35-33-31-29-27-25-23-21-19-17-15-13-11-8-5-2/h42-43,46H,4-41H2,1-3H3. The molecule has 0 aliphatic rings. The zero-order valence-corrected chi connectivity index (χ0v) is 34.2. The van der Waals surface area contributed by atoms with Crippen molar-refractivity contribution in [3.8, 4) is 0 Å². The van der Waals surface area contributed by atoms with Gasteiger partial charge in [0.05, 0.1) is 0 Å². The molecule has 0 aromatic carbocycles. The molecule has 0 aliphatic carbocycles. The average Bonchev–Trinajstić information content (AvgIpc) is 3.07. The van der Waals surface area contributed by atoms with Crippen LogP contribution in [0.3, 0.4) is 0 Å². The van der Waals surface area contributed by atoms with Gasteiger partial charge in [-0.25, -0.2) is 0 Å². The van der Waals surface area contributed by atoms with E-state index in [1.165, 1.54) is 225 Å². The molecule has 46 heavy (non-hydrogen) atoms. The van der Waals surface area contributed by atoms with Crippen LogP contribution in [0.1, 0.15) is 245 Å². The molecule has 0 aromatic heterocycles. The van der Waals surface area contributed by atoms with E-state index in [2.05, 4.69) is 36.8 Å². The third kappa shape index (κ3) is 37.3. The minimum absolute atomic E-state index is 0.254. The molecular formula is C43H88O2Se. The molecular weight excluding hydrogens is 627 g/mol. The molecule has 0 fully saturated rings. The Morgan fingerprint density at radius 3 is 0.957 bits per heavy atom. The Kier molecular flexibility index (Phi) is 42.0. The first-order valence-corrected chi connectivity index (χ1v) is 22.7. The Balaban J connectivity index is 3.62. The van der Waals surface area contributed by atoms with Gasteiger partial charge in [-0.1, -0.05) is 123 Å². The van der Waals surface area contributed by atoms with Crippen LogP contribution in [0, 0.1) is 0 Å². The molecule has 0 saturated heterocycles. The van der Waals surface area contributed by atoms with Crippen molar-refractivity contribution in [2.24, 2.45) is 0 Å². The maximum atomic E-state index is 6.41. The number of rotatable bonds is 41. The van der Waals surface area contributed by atoms with Gasteiger partial charge in [0.1, 0.15) is 0 Å². The maximum absolute atomic E-state index is 6.41. The van der Waals surface area contributed by atoms with Crippen LogP contribution in [-0.4, -0.2) is 41.9 Å². The second-order valence-corrected chi connectivity index (χ2v) is 16.2. The van der Waals surface area contributed by atoms with Gasteiger partial charge in [-0.15, -0.1) is 0 Å². The number of ether oxygens (including phenoxy) is 2. The summed E-state index contributed by atoms with van der Waals surface area (Å²) < 4.78 is 12.6. The van der Waals surface area contributed by atoms with Gasteiger partial charge in [-0.2, -0.15) is 0 Å². The molecule has 2 atom stereocenters. The Bertz CT molecular complexity index is 527. The first kappa shape index (κ1) is 46.4. The third-order valence-electron chi connectivity index (χ3n) is 10.0. The SMILES string of the molecule is CCCCCCCCCCCCCCCCCCOCC(OCCCCCCCCCCCCCCCCCC)C([SeH])CCCC. The fraction of sp³-hybridized carbons (Fsp3) is 1.00. The van der Waals surface area contributed by atoms with Crippen LogP contribution in [0.4, 0.5) is 0 Å². The summed E-state index contributed by atoms with van der Waals surface area (Å²) in [5.74, 6) is 0. The van der Waals surface area contributed by atoms with E-state index in [9.17, 15) is 0 Å². The monoisotopic (exact) mass is 717 g/mol. The molecule has 0 amide bonds. The van der Waals surface area contributed by atoms with Crippen LogP contribution in [0.25, 0.3) is 0 Å². The van der Waals surface area contributed by atoms with Gasteiger partial charge in [0.25, 0.3) is 0 Å². The van der Waals surface area contributed by atoms with E-state index in [1.807, 2.05) is 0 Å². The van der Waals surface area contributed by atoms with Gasteiger partial charge < -0.3 is 0 Å². The van der Waals surface area contributed by atoms with Crippen LogP contribution in [-0.2, 0) is 9.47 Å². The molecule has 2 unspecified atom stereocenters. The van der Waals surface area contributed by atoms with Crippen molar-refractivity contribution in [1.29, 1.82) is 0 Å². The predicted octanol–water partition coefficient (Wildman–Crippen LogP) is 14.8. The molecule has 278 valence electrons. The molecule has 0 radical (unpaired) electrons. The molecule has 0 spiro atoms. The summed E-state index contributed by atoms with van der Waals surface area (Å²) in [6, 6.07) is 0. The number of unbranched alkanes of at least 4 members (excludes halogenated alkanes) is 31. The van der Waals surface area contributed by atoms with Crippen molar-refractivity contribution in [3.63, 3.8) is 0 Å². The van der Waals surface area contributed by atoms with Crippen LogP contribution in [0.2, 0.25) is 4.82 Å². The zero-order chi connectivity index (χ0) is 33.4. The van der Waals surface area contributed by atoms with Gasteiger partial charge in [0.2, 0.25) is 0 Å². The second kappa shape index (κ2) is 41.6. The molecule has 0 heterocycles. The van der Waals surface area contributed by atoms with Gasteiger partial charge in [-0.3, -0.25) is 0 Å². The number of hydrogen-bond donors (Lipinski definition) is 0. The quantitative estimate of drug-likeness (QED) is 0.0463. The topological polar surface area (TPSA) is 18.5 Å². The minimum atomic E-state index is 0.254. The fourth-order valence-electron chi connectivity index (χ4n) is 6.71. The van der Waals surface area contributed by atoms with Crippen molar-refractivity contribution >= 4 is 16.0 Å². The summed E-state index contributed by atoms with van der Waals surface area (Å²) in [6.45, 7) is 9.49. The van der Waals surface area contributed by atoms with Gasteiger partial charge in [0, 0.05) is 0 Å². The molecule has 3 heteroatoms. The van der Waals surface area contributed by atoms with E-state index in [0.717, 1.165) is 19.8 Å². The summed E-state index contributed by atoms with van der Waals surface area (Å²) in [4.78, 5) is 0.541. The molecule has 2 nitrogen and oxygen atoms in total. The fourth-order valence-corrected chi connectivity index (χ4v) is 7.45. The van der Waals surface area contributed by atoms with Crippen LogP contribution in [0.15, 0.2) is 0 Å². The van der Waals surface area contributed by atoms with E-state index in [-0.39, 0.29) is 6.10 Å². The van der Waals surface area contributed by atoms with Crippen LogP contribution in [0.5, 0.6) is 0 Å². The zero-order valence-electron chi connectivity index (χ0n) is 32.3. The normalized spacial score (nSPS) is 13.0. The van der Waals surface area contributed by atoms with E-state index < -0.39 is 0 Å². The van der Waals surface area contributed by atoms with Gasteiger partial charge in [0.15, 0.2) is 0 Å². The molecule has 0 aromatic rings. The Morgan fingerprint density at radius 1 is 0.348 bits per heavy atom. The number of hydrogen-bond acceptors (Lipinski definition) is 2. The van der Waals surface area contributed by atoms with E-state index in [4.69, 9.17) is 9.47 Å². The summed E-state index contributed by atoms with van der Waals surface area (Å²) >= 11 is 2.90.